The first kappa shape index (κ1) is 24.5. The highest BCUT2D eigenvalue weighted by Gasteiger charge is 2.35. The summed E-state index contributed by atoms with van der Waals surface area (Å²) in [7, 11) is 0. The maximum atomic E-state index is 13.1. The van der Waals surface area contributed by atoms with E-state index >= 15 is 0 Å². The summed E-state index contributed by atoms with van der Waals surface area (Å²) < 4.78 is 7.97. The SMILES string of the molecule is O=C1S/C(=C\c2cn(CCCOc3ccccc3Cl)c3ccccc23)C(=O)N1Cc1ccccc1Cl. The number of aromatic nitrogens is 1. The highest BCUT2D eigenvalue weighted by Crippen LogP contribution is 2.35. The van der Waals surface area contributed by atoms with Crippen molar-refractivity contribution >= 4 is 63.1 Å². The summed E-state index contributed by atoms with van der Waals surface area (Å²) in [6.07, 6.45) is 4.59. The van der Waals surface area contributed by atoms with Crippen molar-refractivity contribution in [3.63, 3.8) is 0 Å². The topological polar surface area (TPSA) is 51.5 Å². The van der Waals surface area contributed by atoms with Gasteiger partial charge in [0, 0.05) is 34.2 Å². The van der Waals surface area contributed by atoms with Crippen LogP contribution in [0.15, 0.2) is 83.9 Å². The Morgan fingerprint density at radius 3 is 2.42 bits per heavy atom. The van der Waals surface area contributed by atoms with E-state index in [0.29, 0.717) is 27.3 Å². The molecule has 5 rings (SSSR count). The van der Waals surface area contributed by atoms with Gasteiger partial charge in [0.15, 0.2) is 0 Å². The number of rotatable bonds is 8. The van der Waals surface area contributed by atoms with Gasteiger partial charge in [-0.1, -0.05) is 71.7 Å². The highest BCUT2D eigenvalue weighted by molar-refractivity contribution is 8.18. The van der Waals surface area contributed by atoms with Crippen LogP contribution in [0.1, 0.15) is 17.5 Å². The second kappa shape index (κ2) is 10.8. The van der Waals surface area contributed by atoms with E-state index in [1.54, 1.807) is 18.2 Å². The standard InChI is InChI=1S/C28H22Cl2N2O3S/c29-22-10-3-1-8-19(22)18-32-27(33)26(36-28(32)34)16-20-17-31(24-12-5-2-9-21(20)24)14-7-15-35-25-13-6-4-11-23(25)30/h1-6,8-13,16-17H,7,14-15,18H2/b26-16-. The van der Waals surface area contributed by atoms with Crippen molar-refractivity contribution in [3.05, 3.63) is 105 Å². The molecule has 1 aliphatic rings. The number of carbonyl (C=O) groups excluding carboxylic acids is 2. The van der Waals surface area contributed by atoms with Gasteiger partial charge in [-0.2, -0.15) is 0 Å². The van der Waals surface area contributed by atoms with Gasteiger partial charge in [0.2, 0.25) is 0 Å². The Morgan fingerprint density at radius 2 is 1.61 bits per heavy atom. The molecule has 0 saturated carbocycles. The fourth-order valence-corrected chi connectivity index (χ4v) is 5.34. The van der Waals surface area contributed by atoms with Gasteiger partial charge < -0.3 is 9.30 Å². The minimum absolute atomic E-state index is 0.148. The number of amides is 2. The zero-order chi connectivity index (χ0) is 25.1. The van der Waals surface area contributed by atoms with Crippen LogP contribution in [-0.2, 0) is 17.9 Å². The number of hydrogen-bond donors (Lipinski definition) is 0. The Bertz CT molecular complexity index is 1480. The van der Waals surface area contributed by atoms with Gasteiger partial charge in [0.05, 0.1) is 23.1 Å². The van der Waals surface area contributed by atoms with E-state index in [9.17, 15) is 9.59 Å². The van der Waals surface area contributed by atoms with Crippen LogP contribution in [-0.4, -0.2) is 27.2 Å². The van der Waals surface area contributed by atoms with Gasteiger partial charge >= 0.3 is 0 Å². The normalized spacial score (nSPS) is 14.8. The Balaban J connectivity index is 1.33. The maximum absolute atomic E-state index is 13.1. The maximum Gasteiger partial charge on any atom is 0.293 e. The lowest BCUT2D eigenvalue weighted by Crippen LogP contribution is -2.27. The van der Waals surface area contributed by atoms with Crippen molar-refractivity contribution in [1.29, 1.82) is 0 Å². The average Bonchev–Trinajstić information content (AvgIpc) is 3.36. The number of ether oxygens (including phenoxy) is 1. The highest BCUT2D eigenvalue weighted by atomic mass is 35.5. The van der Waals surface area contributed by atoms with E-state index in [1.165, 1.54) is 4.90 Å². The Morgan fingerprint density at radius 1 is 0.889 bits per heavy atom. The molecule has 1 fully saturated rings. The van der Waals surface area contributed by atoms with Crippen LogP contribution >= 0.6 is 35.0 Å². The minimum atomic E-state index is -0.310. The zero-order valence-corrected chi connectivity index (χ0v) is 21.5. The van der Waals surface area contributed by atoms with Crippen molar-refractivity contribution in [2.45, 2.75) is 19.5 Å². The molecule has 0 N–H and O–H groups in total. The monoisotopic (exact) mass is 536 g/mol. The van der Waals surface area contributed by atoms with Crippen LogP contribution in [0.5, 0.6) is 5.75 Å². The molecule has 5 nitrogen and oxygen atoms in total. The molecule has 0 unspecified atom stereocenters. The molecule has 182 valence electrons. The average molecular weight is 537 g/mol. The lowest BCUT2D eigenvalue weighted by molar-refractivity contribution is -0.123. The predicted molar refractivity (Wildman–Crippen MR) is 146 cm³/mol. The molecule has 36 heavy (non-hydrogen) atoms. The van der Waals surface area contributed by atoms with E-state index in [-0.39, 0.29) is 17.7 Å². The molecule has 8 heteroatoms. The molecular weight excluding hydrogens is 515 g/mol. The fourth-order valence-electron chi connectivity index (χ4n) is 4.13. The molecule has 0 radical (unpaired) electrons. The van der Waals surface area contributed by atoms with Gasteiger partial charge in [-0.15, -0.1) is 0 Å². The van der Waals surface area contributed by atoms with Crippen molar-refractivity contribution in [2.24, 2.45) is 0 Å². The summed E-state index contributed by atoms with van der Waals surface area (Å²) in [5.41, 5.74) is 2.68. The summed E-state index contributed by atoms with van der Waals surface area (Å²) in [6.45, 7) is 1.40. The molecule has 1 aliphatic heterocycles. The first-order valence-corrected chi connectivity index (χ1v) is 13.0. The predicted octanol–water partition coefficient (Wildman–Crippen LogP) is 7.65. The van der Waals surface area contributed by atoms with Crippen molar-refractivity contribution in [3.8, 4) is 5.75 Å². The summed E-state index contributed by atoms with van der Waals surface area (Å²) in [5, 5.41) is 1.84. The molecule has 1 saturated heterocycles. The molecular formula is C28H22Cl2N2O3S. The molecule has 0 atom stereocenters. The number of hydrogen-bond acceptors (Lipinski definition) is 4. The van der Waals surface area contributed by atoms with Crippen molar-refractivity contribution < 1.29 is 14.3 Å². The molecule has 2 amide bonds. The molecule has 0 spiro atoms. The van der Waals surface area contributed by atoms with Crippen LogP contribution in [0.3, 0.4) is 0 Å². The van der Waals surface area contributed by atoms with E-state index in [4.69, 9.17) is 27.9 Å². The number of imide groups is 1. The smallest absolute Gasteiger partial charge is 0.293 e. The number of carbonyl (C=O) groups is 2. The van der Waals surface area contributed by atoms with Crippen LogP contribution in [0, 0.1) is 0 Å². The van der Waals surface area contributed by atoms with Crippen LogP contribution < -0.4 is 4.74 Å². The third-order valence-corrected chi connectivity index (χ3v) is 7.49. The number of aryl methyl sites for hydroxylation is 1. The quantitative estimate of drug-likeness (QED) is 0.171. The lowest BCUT2D eigenvalue weighted by Gasteiger charge is -2.13. The summed E-state index contributed by atoms with van der Waals surface area (Å²) >= 11 is 13.4. The Labute approximate surface area is 223 Å². The van der Waals surface area contributed by atoms with Gasteiger partial charge in [-0.25, -0.2) is 0 Å². The van der Waals surface area contributed by atoms with E-state index < -0.39 is 0 Å². The summed E-state index contributed by atoms with van der Waals surface area (Å²) in [4.78, 5) is 27.4. The van der Waals surface area contributed by atoms with Crippen LogP contribution in [0.4, 0.5) is 4.79 Å². The molecule has 3 aromatic carbocycles. The van der Waals surface area contributed by atoms with Gasteiger partial charge in [-0.3, -0.25) is 14.5 Å². The number of benzene rings is 3. The molecule has 1 aromatic heterocycles. The molecule has 4 aromatic rings. The van der Waals surface area contributed by atoms with Crippen molar-refractivity contribution in [1.82, 2.24) is 9.47 Å². The van der Waals surface area contributed by atoms with Crippen LogP contribution in [0.25, 0.3) is 17.0 Å². The first-order chi connectivity index (χ1) is 17.5. The van der Waals surface area contributed by atoms with Gasteiger partial charge in [-0.05, 0) is 54.1 Å². The van der Waals surface area contributed by atoms with Gasteiger partial charge in [0.1, 0.15) is 5.75 Å². The Kier molecular flexibility index (Phi) is 7.37. The second-order valence-corrected chi connectivity index (χ2v) is 10.1. The summed E-state index contributed by atoms with van der Waals surface area (Å²) in [6, 6.07) is 22.7. The first-order valence-electron chi connectivity index (χ1n) is 11.5. The summed E-state index contributed by atoms with van der Waals surface area (Å²) in [5.74, 6) is 0.361. The minimum Gasteiger partial charge on any atom is -0.492 e. The zero-order valence-electron chi connectivity index (χ0n) is 19.2. The number of para-hydroxylation sites is 2. The van der Waals surface area contributed by atoms with E-state index in [2.05, 4.69) is 4.57 Å². The second-order valence-electron chi connectivity index (χ2n) is 8.29. The third kappa shape index (κ3) is 5.16. The number of thioether (sulfide) groups is 1. The number of halogens is 2. The molecule has 2 heterocycles. The van der Waals surface area contributed by atoms with Crippen molar-refractivity contribution in [2.75, 3.05) is 6.61 Å². The molecule has 0 bridgehead atoms. The fraction of sp³-hybridized carbons (Fsp3) is 0.143. The number of fused-ring (bicyclic) bond motifs is 1. The largest absolute Gasteiger partial charge is 0.492 e. The molecule has 0 aliphatic carbocycles. The Hall–Kier alpha value is -3.19. The van der Waals surface area contributed by atoms with Gasteiger partial charge in [0.25, 0.3) is 11.1 Å². The van der Waals surface area contributed by atoms with E-state index in [1.807, 2.05) is 66.9 Å². The van der Waals surface area contributed by atoms with E-state index in [0.717, 1.165) is 46.8 Å². The third-order valence-electron chi connectivity index (χ3n) is 5.90. The lowest BCUT2D eigenvalue weighted by atomic mass is 10.1. The number of nitrogens with zero attached hydrogens (tertiary/aromatic N) is 2. The van der Waals surface area contributed by atoms with Crippen LogP contribution in [0.2, 0.25) is 10.0 Å².